The van der Waals surface area contributed by atoms with Crippen LogP contribution in [0.3, 0.4) is 0 Å². The molecular weight excluding hydrogens is 296 g/mol. The molecule has 0 aliphatic carbocycles. The first-order chi connectivity index (χ1) is 8.65. The van der Waals surface area contributed by atoms with Crippen LogP contribution in [0.2, 0.25) is 0 Å². The highest BCUT2D eigenvalue weighted by atomic mass is 79.9. The van der Waals surface area contributed by atoms with Crippen LogP contribution in [0.5, 0.6) is 5.75 Å². The maximum absolute atomic E-state index is 12.6. The summed E-state index contributed by atoms with van der Waals surface area (Å²) >= 11 is 3.43. The van der Waals surface area contributed by atoms with Crippen molar-refractivity contribution in [3.8, 4) is 5.75 Å². The van der Waals surface area contributed by atoms with Crippen LogP contribution in [0.25, 0.3) is 0 Å². The maximum Gasteiger partial charge on any atom is 0.259 e. The normalized spacial score (nSPS) is 19.7. The third-order valence-electron chi connectivity index (χ3n) is 3.17. The monoisotopic (exact) mass is 312 g/mol. The summed E-state index contributed by atoms with van der Waals surface area (Å²) in [4.78, 5) is 14.5. The number of carbonyl (C=O) groups excluding carboxylic acids is 1. The fourth-order valence-electron chi connectivity index (χ4n) is 2.17. The fraction of sp³-hybridized carbons (Fsp3) is 0.462. The maximum atomic E-state index is 12.6. The molecule has 1 atom stereocenters. The van der Waals surface area contributed by atoms with Gasteiger partial charge in [0.2, 0.25) is 0 Å². The first kappa shape index (κ1) is 13.4. The van der Waals surface area contributed by atoms with Gasteiger partial charge in [-0.3, -0.25) is 4.79 Å². The van der Waals surface area contributed by atoms with E-state index in [0.29, 0.717) is 11.3 Å². The Morgan fingerprint density at radius 1 is 1.56 bits per heavy atom. The number of rotatable bonds is 2. The van der Waals surface area contributed by atoms with Crippen LogP contribution in [-0.2, 0) is 0 Å². The Kier molecular flexibility index (Phi) is 4.24. The summed E-state index contributed by atoms with van der Waals surface area (Å²) in [6, 6.07) is 5.73. The van der Waals surface area contributed by atoms with E-state index in [1.54, 1.807) is 7.11 Å². The minimum absolute atomic E-state index is 0.0216. The largest absolute Gasteiger partial charge is 0.496 e. The minimum atomic E-state index is 0.0216. The molecule has 0 aromatic heterocycles. The number of nitrogens with one attached hydrogen (secondary N) is 1. The predicted octanol–water partition coefficient (Wildman–Crippen LogP) is 1.89. The SMILES string of the molecule is COc1cccc(Br)c1C(=O)N1CCNC[C@@H]1C. The number of benzene rings is 1. The van der Waals surface area contributed by atoms with Crippen LogP contribution in [0, 0.1) is 0 Å². The van der Waals surface area contributed by atoms with E-state index in [9.17, 15) is 4.79 Å². The van der Waals surface area contributed by atoms with E-state index < -0.39 is 0 Å². The van der Waals surface area contributed by atoms with Crippen molar-refractivity contribution in [1.29, 1.82) is 0 Å². The molecule has 1 aliphatic rings. The molecule has 18 heavy (non-hydrogen) atoms. The van der Waals surface area contributed by atoms with Crippen LogP contribution in [0.15, 0.2) is 22.7 Å². The van der Waals surface area contributed by atoms with Crippen molar-refractivity contribution in [2.45, 2.75) is 13.0 Å². The van der Waals surface area contributed by atoms with Crippen molar-refractivity contribution in [1.82, 2.24) is 10.2 Å². The second kappa shape index (κ2) is 5.71. The summed E-state index contributed by atoms with van der Waals surface area (Å²) in [6.45, 7) is 4.44. The van der Waals surface area contributed by atoms with Gasteiger partial charge in [0.25, 0.3) is 5.91 Å². The molecule has 0 radical (unpaired) electrons. The number of nitrogens with zero attached hydrogens (tertiary/aromatic N) is 1. The zero-order valence-corrected chi connectivity index (χ0v) is 12.2. The summed E-state index contributed by atoms with van der Waals surface area (Å²) in [5, 5.41) is 3.28. The van der Waals surface area contributed by atoms with E-state index >= 15 is 0 Å². The number of methoxy groups -OCH3 is 1. The molecule has 1 fully saturated rings. The fourth-order valence-corrected chi connectivity index (χ4v) is 2.69. The van der Waals surface area contributed by atoms with Gasteiger partial charge in [-0.15, -0.1) is 0 Å². The molecule has 0 unspecified atom stereocenters. The van der Waals surface area contributed by atoms with Gasteiger partial charge in [0.1, 0.15) is 5.75 Å². The molecule has 1 aromatic carbocycles. The van der Waals surface area contributed by atoms with Gasteiger partial charge >= 0.3 is 0 Å². The lowest BCUT2D eigenvalue weighted by atomic mass is 10.1. The van der Waals surface area contributed by atoms with Crippen molar-refractivity contribution in [3.63, 3.8) is 0 Å². The quantitative estimate of drug-likeness (QED) is 0.907. The molecule has 4 nitrogen and oxygen atoms in total. The number of hydrogen-bond acceptors (Lipinski definition) is 3. The van der Waals surface area contributed by atoms with Gasteiger partial charge in [0.05, 0.1) is 12.7 Å². The lowest BCUT2D eigenvalue weighted by Gasteiger charge is -2.34. The van der Waals surface area contributed by atoms with Crippen LogP contribution < -0.4 is 10.1 Å². The van der Waals surface area contributed by atoms with Gasteiger partial charge in [-0.25, -0.2) is 0 Å². The first-order valence-electron chi connectivity index (χ1n) is 5.99. The molecule has 5 heteroatoms. The first-order valence-corrected chi connectivity index (χ1v) is 6.78. The molecule has 2 rings (SSSR count). The van der Waals surface area contributed by atoms with Crippen LogP contribution in [-0.4, -0.2) is 43.6 Å². The highest BCUT2D eigenvalue weighted by molar-refractivity contribution is 9.10. The van der Waals surface area contributed by atoms with Crippen molar-refractivity contribution in [2.75, 3.05) is 26.7 Å². The third kappa shape index (κ3) is 2.52. The smallest absolute Gasteiger partial charge is 0.259 e. The van der Waals surface area contributed by atoms with E-state index in [0.717, 1.165) is 24.1 Å². The summed E-state index contributed by atoms with van der Waals surface area (Å²) < 4.78 is 6.06. The molecule has 1 heterocycles. The average molecular weight is 313 g/mol. The summed E-state index contributed by atoms with van der Waals surface area (Å²) in [5.74, 6) is 0.633. The topological polar surface area (TPSA) is 41.6 Å². The Labute approximate surface area is 115 Å². The molecule has 1 saturated heterocycles. The molecule has 1 aliphatic heterocycles. The highest BCUT2D eigenvalue weighted by Gasteiger charge is 2.27. The predicted molar refractivity (Wildman–Crippen MR) is 74.1 cm³/mol. The number of hydrogen-bond donors (Lipinski definition) is 1. The van der Waals surface area contributed by atoms with Gasteiger partial charge in [0, 0.05) is 30.1 Å². The molecule has 0 spiro atoms. The number of amides is 1. The second-order valence-corrected chi connectivity index (χ2v) is 5.22. The Morgan fingerprint density at radius 3 is 3.00 bits per heavy atom. The van der Waals surface area contributed by atoms with Crippen molar-refractivity contribution in [2.24, 2.45) is 0 Å². The number of carbonyl (C=O) groups is 1. The Bertz CT molecular complexity index is 451. The van der Waals surface area contributed by atoms with E-state index in [1.807, 2.05) is 30.0 Å². The van der Waals surface area contributed by atoms with E-state index in [4.69, 9.17) is 4.74 Å². The van der Waals surface area contributed by atoms with Gasteiger partial charge < -0.3 is 15.0 Å². The van der Waals surface area contributed by atoms with Crippen molar-refractivity contribution in [3.05, 3.63) is 28.2 Å². The standard InChI is InChI=1S/C13H17BrN2O2/c1-9-8-15-6-7-16(9)13(17)12-10(14)4-3-5-11(12)18-2/h3-5,9,15H,6-8H2,1-2H3/t9-/m0/s1. The Hall–Kier alpha value is -1.07. The summed E-state index contributed by atoms with van der Waals surface area (Å²) in [5.41, 5.74) is 0.605. The molecule has 1 N–H and O–H groups in total. The Morgan fingerprint density at radius 2 is 2.33 bits per heavy atom. The Balaban J connectivity index is 2.33. The van der Waals surface area contributed by atoms with Crippen molar-refractivity contribution < 1.29 is 9.53 Å². The summed E-state index contributed by atoms with van der Waals surface area (Å²) in [7, 11) is 1.58. The van der Waals surface area contributed by atoms with E-state index in [1.165, 1.54) is 0 Å². The summed E-state index contributed by atoms with van der Waals surface area (Å²) in [6.07, 6.45) is 0. The molecule has 1 amide bonds. The van der Waals surface area contributed by atoms with E-state index in [2.05, 4.69) is 21.2 Å². The van der Waals surface area contributed by atoms with Crippen molar-refractivity contribution >= 4 is 21.8 Å². The second-order valence-electron chi connectivity index (χ2n) is 4.37. The zero-order chi connectivity index (χ0) is 13.1. The molecular formula is C13H17BrN2O2. The number of piperazine rings is 1. The van der Waals surface area contributed by atoms with E-state index in [-0.39, 0.29) is 11.9 Å². The van der Waals surface area contributed by atoms with Crippen LogP contribution in [0.4, 0.5) is 0 Å². The van der Waals surface area contributed by atoms with Crippen LogP contribution in [0.1, 0.15) is 17.3 Å². The van der Waals surface area contributed by atoms with Gasteiger partial charge in [-0.1, -0.05) is 6.07 Å². The number of ether oxygens (including phenoxy) is 1. The molecule has 0 bridgehead atoms. The minimum Gasteiger partial charge on any atom is -0.496 e. The van der Waals surface area contributed by atoms with Gasteiger partial charge in [-0.2, -0.15) is 0 Å². The van der Waals surface area contributed by atoms with Gasteiger partial charge in [0.15, 0.2) is 0 Å². The lowest BCUT2D eigenvalue weighted by molar-refractivity contribution is 0.0651. The van der Waals surface area contributed by atoms with Gasteiger partial charge in [-0.05, 0) is 35.0 Å². The third-order valence-corrected chi connectivity index (χ3v) is 3.83. The lowest BCUT2D eigenvalue weighted by Crippen LogP contribution is -2.52. The highest BCUT2D eigenvalue weighted by Crippen LogP contribution is 2.28. The molecule has 1 aromatic rings. The number of halogens is 1. The average Bonchev–Trinajstić information content (AvgIpc) is 2.38. The zero-order valence-electron chi connectivity index (χ0n) is 10.6. The molecule has 0 saturated carbocycles. The molecule has 98 valence electrons. The van der Waals surface area contributed by atoms with Crippen LogP contribution >= 0.6 is 15.9 Å².